The molecule has 1 aliphatic rings. The van der Waals surface area contributed by atoms with Gasteiger partial charge >= 0.3 is 0 Å². The van der Waals surface area contributed by atoms with Gasteiger partial charge in [-0.15, -0.1) is 0 Å². The van der Waals surface area contributed by atoms with Crippen molar-refractivity contribution < 1.29 is 0 Å². The maximum atomic E-state index is 5.24. The lowest BCUT2D eigenvalue weighted by Crippen LogP contribution is -2.34. The minimum absolute atomic E-state index is 0.932. The fourth-order valence-corrected chi connectivity index (χ4v) is 9.50. The summed E-state index contributed by atoms with van der Waals surface area (Å²) in [6.07, 6.45) is 1.84. The first-order chi connectivity index (χ1) is 20.7. The van der Waals surface area contributed by atoms with Gasteiger partial charge in [0.1, 0.15) is 8.80 Å². The highest BCUT2D eigenvalue weighted by Crippen LogP contribution is 2.37. The van der Waals surface area contributed by atoms with Gasteiger partial charge in [0.15, 0.2) is 0 Å². The van der Waals surface area contributed by atoms with Crippen LogP contribution in [0.5, 0.6) is 0 Å². The molecule has 4 heteroatoms. The minimum Gasteiger partial charge on any atom is -0.254 e. The number of benzene rings is 5. The average Bonchev–Trinajstić information content (AvgIpc) is 3.35. The van der Waals surface area contributed by atoms with Crippen LogP contribution in [0.15, 0.2) is 128 Å². The second-order valence-electron chi connectivity index (χ2n) is 11.2. The summed E-state index contributed by atoms with van der Waals surface area (Å²) < 4.78 is 0. The van der Waals surface area contributed by atoms with Crippen molar-refractivity contribution in [2.24, 2.45) is 0 Å². The lowest BCUT2D eigenvalue weighted by molar-refractivity contribution is 1.37. The van der Waals surface area contributed by atoms with Gasteiger partial charge in [-0.1, -0.05) is 109 Å². The predicted octanol–water partition coefficient (Wildman–Crippen LogP) is 7.77. The standard InChI is InChI=1S/C38H25N3Si/c1-42-34-13-3-2-8-30(34)36-29-17-19-31(40-33(29)20-21-35(36)42)27-11-4-10-26-25(27)9-5-12-28(26)32-18-16-24-15-14-23-7-6-22-39-37(23)38(24)41-32/h2-22,42H,1H3. The van der Waals surface area contributed by atoms with Crippen molar-refractivity contribution in [3.05, 3.63) is 128 Å². The van der Waals surface area contributed by atoms with Crippen LogP contribution in [-0.4, -0.2) is 23.7 Å². The van der Waals surface area contributed by atoms with Crippen LogP contribution in [0.25, 0.3) is 77.1 Å². The highest BCUT2D eigenvalue weighted by Gasteiger charge is 2.28. The molecule has 0 saturated carbocycles. The monoisotopic (exact) mass is 551 g/mol. The van der Waals surface area contributed by atoms with Gasteiger partial charge in [-0.05, 0) is 51.4 Å². The molecule has 42 heavy (non-hydrogen) atoms. The molecule has 3 nitrogen and oxygen atoms in total. The molecule has 4 heterocycles. The second-order valence-corrected chi connectivity index (χ2v) is 13.9. The molecule has 0 bridgehead atoms. The summed E-state index contributed by atoms with van der Waals surface area (Å²) in [5, 5.41) is 8.85. The number of rotatable bonds is 2. The van der Waals surface area contributed by atoms with E-state index in [1.54, 1.807) is 0 Å². The van der Waals surface area contributed by atoms with Gasteiger partial charge in [0.05, 0.1) is 27.9 Å². The van der Waals surface area contributed by atoms with Crippen LogP contribution in [0, 0.1) is 0 Å². The zero-order valence-corrected chi connectivity index (χ0v) is 24.2. The van der Waals surface area contributed by atoms with E-state index >= 15 is 0 Å². The molecule has 0 spiro atoms. The van der Waals surface area contributed by atoms with Crippen LogP contribution in [0.4, 0.5) is 0 Å². The van der Waals surface area contributed by atoms with E-state index in [1.165, 1.54) is 37.7 Å². The maximum absolute atomic E-state index is 5.24. The van der Waals surface area contributed by atoms with Crippen molar-refractivity contribution in [3.8, 4) is 33.6 Å². The molecule has 196 valence electrons. The Morgan fingerprint density at radius 2 is 1.17 bits per heavy atom. The van der Waals surface area contributed by atoms with Crippen LogP contribution < -0.4 is 10.4 Å². The van der Waals surface area contributed by atoms with Gasteiger partial charge < -0.3 is 0 Å². The SMILES string of the molecule is C[SiH]1c2ccccc2-c2c1ccc1nc(-c3cccc4c(-c5ccc6ccc7cccnc7c6n5)cccc34)ccc21. The summed E-state index contributed by atoms with van der Waals surface area (Å²) in [5.41, 5.74) is 9.88. The summed E-state index contributed by atoms with van der Waals surface area (Å²) in [7, 11) is -1.16. The van der Waals surface area contributed by atoms with E-state index in [9.17, 15) is 0 Å². The van der Waals surface area contributed by atoms with Gasteiger partial charge in [0.25, 0.3) is 0 Å². The third kappa shape index (κ3) is 3.36. The van der Waals surface area contributed by atoms with Crippen molar-refractivity contribution >= 4 is 62.7 Å². The minimum atomic E-state index is -1.16. The predicted molar refractivity (Wildman–Crippen MR) is 178 cm³/mol. The number of nitrogens with zero attached hydrogens (tertiary/aromatic N) is 3. The quantitative estimate of drug-likeness (QED) is 0.163. The molecule has 0 N–H and O–H groups in total. The van der Waals surface area contributed by atoms with Crippen LogP contribution in [-0.2, 0) is 0 Å². The van der Waals surface area contributed by atoms with E-state index in [4.69, 9.17) is 9.97 Å². The summed E-state index contributed by atoms with van der Waals surface area (Å²) >= 11 is 0. The topological polar surface area (TPSA) is 38.7 Å². The Morgan fingerprint density at radius 1 is 0.476 bits per heavy atom. The molecule has 3 aromatic heterocycles. The molecular formula is C38H25N3Si. The molecular weight excluding hydrogens is 527 g/mol. The van der Waals surface area contributed by atoms with Crippen molar-refractivity contribution in [2.75, 3.05) is 0 Å². The summed E-state index contributed by atoms with van der Waals surface area (Å²) in [6.45, 7) is 2.44. The molecule has 0 aliphatic carbocycles. The van der Waals surface area contributed by atoms with Crippen LogP contribution in [0.1, 0.15) is 0 Å². The van der Waals surface area contributed by atoms with Crippen LogP contribution >= 0.6 is 0 Å². The van der Waals surface area contributed by atoms with Gasteiger partial charge in [-0.2, -0.15) is 0 Å². The molecule has 1 atom stereocenters. The molecule has 1 unspecified atom stereocenters. The highest BCUT2D eigenvalue weighted by atomic mass is 28.3. The van der Waals surface area contributed by atoms with Crippen LogP contribution in [0.3, 0.4) is 0 Å². The van der Waals surface area contributed by atoms with Gasteiger partial charge in [0, 0.05) is 33.5 Å². The van der Waals surface area contributed by atoms with Crippen molar-refractivity contribution in [2.45, 2.75) is 6.55 Å². The smallest absolute Gasteiger partial charge is 0.101 e. The third-order valence-electron chi connectivity index (χ3n) is 8.97. The first kappa shape index (κ1) is 23.5. The average molecular weight is 552 g/mol. The van der Waals surface area contributed by atoms with Crippen molar-refractivity contribution in [1.82, 2.24) is 15.0 Å². The lowest BCUT2D eigenvalue weighted by Gasteiger charge is -2.13. The van der Waals surface area contributed by atoms with Crippen LogP contribution in [0.2, 0.25) is 6.55 Å². The van der Waals surface area contributed by atoms with Crippen molar-refractivity contribution in [1.29, 1.82) is 0 Å². The molecule has 0 fully saturated rings. The zero-order chi connectivity index (χ0) is 27.8. The third-order valence-corrected chi connectivity index (χ3v) is 11.8. The Hall–Kier alpha value is -5.19. The Labute approximate surface area is 244 Å². The fourth-order valence-electron chi connectivity index (χ4n) is 6.93. The van der Waals surface area contributed by atoms with E-state index in [0.717, 1.165) is 49.8 Å². The first-order valence-corrected chi connectivity index (χ1v) is 16.8. The lowest BCUT2D eigenvalue weighted by atomic mass is 9.95. The fraction of sp³-hybridized carbons (Fsp3) is 0.0263. The Morgan fingerprint density at radius 3 is 2.00 bits per heavy atom. The first-order valence-electron chi connectivity index (χ1n) is 14.4. The summed E-state index contributed by atoms with van der Waals surface area (Å²) in [5.74, 6) is 0. The number of pyridine rings is 3. The maximum Gasteiger partial charge on any atom is 0.101 e. The zero-order valence-electron chi connectivity index (χ0n) is 23.0. The molecule has 8 aromatic rings. The van der Waals surface area contributed by atoms with Crippen molar-refractivity contribution in [3.63, 3.8) is 0 Å². The second kappa shape index (κ2) is 8.90. The normalized spacial score (nSPS) is 14.1. The number of fused-ring (bicyclic) bond motifs is 9. The van der Waals surface area contributed by atoms with E-state index in [1.807, 2.05) is 12.3 Å². The largest absolute Gasteiger partial charge is 0.254 e. The highest BCUT2D eigenvalue weighted by molar-refractivity contribution is 6.89. The molecule has 0 saturated heterocycles. The molecule has 1 aliphatic heterocycles. The number of hydrogen-bond donors (Lipinski definition) is 0. The van der Waals surface area contributed by atoms with E-state index in [2.05, 4.69) is 127 Å². The Kier molecular flexibility index (Phi) is 4.98. The van der Waals surface area contributed by atoms with Gasteiger partial charge in [-0.3, -0.25) is 4.98 Å². The van der Waals surface area contributed by atoms with Gasteiger partial charge in [0.2, 0.25) is 0 Å². The summed E-state index contributed by atoms with van der Waals surface area (Å²) in [4.78, 5) is 15.0. The molecule has 0 radical (unpaired) electrons. The summed E-state index contributed by atoms with van der Waals surface area (Å²) in [6, 6.07) is 43.5. The van der Waals surface area contributed by atoms with E-state index in [0.29, 0.717) is 0 Å². The number of hydrogen-bond acceptors (Lipinski definition) is 3. The number of aromatic nitrogens is 3. The Bertz CT molecular complexity index is 2390. The van der Waals surface area contributed by atoms with E-state index < -0.39 is 8.80 Å². The molecule has 5 aromatic carbocycles. The molecule has 0 amide bonds. The van der Waals surface area contributed by atoms with E-state index in [-0.39, 0.29) is 0 Å². The van der Waals surface area contributed by atoms with Gasteiger partial charge in [-0.25, -0.2) is 9.97 Å². The Balaban J connectivity index is 1.21. The molecule has 9 rings (SSSR count).